The van der Waals surface area contributed by atoms with Crippen LogP contribution in [-0.2, 0) is 16.1 Å². The molecule has 0 aliphatic rings. The van der Waals surface area contributed by atoms with Crippen molar-refractivity contribution < 1.29 is 18.7 Å². The number of benzene rings is 1. The maximum absolute atomic E-state index is 11.9. The zero-order valence-corrected chi connectivity index (χ0v) is 12.4. The highest BCUT2D eigenvalue weighted by Crippen LogP contribution is 2.19. The smallest absolute Gasteiger partial charge is 0.374 e. The number of para-hydroxylation sites is 1. The van der Waals surface area contributed by atoms with Gasteiger partial charge in [0.15, 0.2) is 6.61 Å². The second kappa shape index (κ2) is 6.44. The number of thiophene rings is 1. The van der Waals surface area contributed by atoms with Crippen molar-refractivity contribution in [1.82, 2.24) is 5.32 Å². The quantitative estimate of drug-likeness (QED) is 0.735. The summed E-state index contributed by atoms with van der Waals surface area (Å²) in [6.45, 7) is 0.0972. The number of furan rings is 1. The highest BCUT2D eigenvalue weighted by Gasteiger charge is 2.15. The number of rotatable bonds is 5. The Labute approximate surface area is 130 Å². The van der Waals surface area contributed by atoms with Crippen LogP contribution in [0.25, 0.3) is 11.0 Å². The average Bonchev–Trinajstić information content (AvgIpc) is 3.19. The molecule has 0 saturated carbocycles. The first kappa shape index (κ1) is 14.3. The molecule has 2 heterocycles. The lowest BCUT2D eigenvalue weighted by molar-refractivity contribution is -0.124. The van der Waals surface area contributed by atoms with Crippen LogP contribution in [0.5, 0.6) is 0 Å². The van der Waals surface area contributed by atoms with Gasteiger partial charge in [0.25, 0.3) is 5.91 Å². The van der Waals surface area contributed by atoms with E-state index in [2.05, 4.69) is 5.32 Å². The van der Waals surface area contributed by atoms with E-state index in [-0.39, 0.29) is 18.3 Å². The number of hydrogen-bond donors (Lipinski definition) is 1. The molecule has 0 aliphatic heterocycles. The summed E-state index contributed by atoms with van der Waals surface area (Å²) in [5, 5.41) is 5.43. The number of carbonyl (C=O) groups excluding carboxylic acids is 2. The van der Waals surface area contributed by atoms with E-state index in [1.54, 1.807) is 23.5 Å². The molecule has 0 radical (unpaired) electrons. The highest BCUT2D eigenvalue weighted by atomic mass is 32.1. The topological polar surface area (TPSA) is 68.5 Å². The molecule has 1 amide bonds. The molecule has 1 aromatic carbocycles. The molecule has 0 saturated heterocycles. The standard InChI is InChI=1S/C16H13NO4S/c18-15(17-9-12-5-3-7-22-12)10-20-16(19)14-8-11-4-1-2-6-13(11)21-14/h1-8H,9-10H2,(H,17,18). The molecule has 0 unspecified atom stereocenters. The molecular formula is C16H13NO4S. The predicted octanol–water partition coefficient (Wildman–Crippen LogP) is 2.97. The number of carbonyl (C=O) groups is 2. The summed E-state index contributed by atoms with van der Waals surface area (Å²) in [7, 11) is 0. The van der Waals surface area contributed by atoms with E-state index in [0.717, 1.165) is 10.3 Å². The Balaban J connectivity index is 1.52. The number of hydrogen-bond acceptors (Lipinski definition) is 5. The summed E-state index contributed by atoms with van der Waals surface area (Å²) < 4.78 is 10.3. The number of ether oxygens (including phenoxy) is 1. The maximum Gasteiger partial charge on any atom is 0.374 e. The van der Waals surface area contributed by atoms with Gasteiger partial charge in [0, 0.05) is 10.3 Å². The molecule has 1 N–H and O–H groups in total. The fourth-order valence-electron chi connectivity index (χ4n) is 1.93. The van der Waals surface area contributed by atoms with Crippen molar-refractivity contribution in [3.8, 4) is 0 Å². The molecule has 6 heteroatoms. The monoisotopic (exact) mass is 315 g/mol. The Morgan fingerprint density at radius 2 is 2.05 bits per heavy atom. The molecule has 0 fully saturated rings. The zero-order valence-electron chi connectivity index (χ0n) is 11.6. The summed E-state index contributed by atoms with van der Waals surface area (Å²) in [5.41, 5.74) is 0.608. The first-order valence-corrected chi connectivity index (χ1v) is 7.55. The van der Waals surface area contributed by atoms with Gasteiger partial charge in [0.2, 0.25) is 5.76 Å². The third kappa shape index (κ3) is 3.35. The third-order valence-corrected chi connectivity index (χ3v) is 3.88. The minimum atomic E-state index is -0.650. The Bertz CT molecular complexity index is 758. The first-order chi connectivity index (χ1) is 10.7. The van der Waals surface area contributed by atoms with Crippen LogP contribution >= 0.6 is 11.3 Å². The number of amides is 1. The summed E-state index contributed by atoms with van der Waals surface area (Å²) in [6.07, 6.45) is 0. The van der Waals surface area contributed by atoms with Crippen molar-refractivity contribution >= 4 is 34.2 Å². The second-order valence-electron chi connectivity index (χ2n) is 4.58. The molecule has 3 rings (SSSR count). The van der Waals surface area contributed by atoms with Crippen molar-refractivity contribution in [1.29, 1.82) is 0 Å². The predicted molar refractivity (Wildman–Crippen MR) is 82.7 cm³/mol. The van der Waals surface area contributed by atoms with Crippen LogP contribution in [0.4, 0.5) is 0 Å². The van der Waals surface area contributed by atoms with E-state index in [0.29, 0.717) is 12.1 Å². The van der Waals surface area contributed by atoms with Gasteiger partial charge in [-0.25, -0.2) is 4.79 Å². The summed E-state index contributed by atoms with van der Waals surface area (Å²) in [5.74, 6) is -0.910. The SMILES string of the molecule is O=C(COC(=O)c1cc2ccccc2o1)NCc1cccs1. The zero-order chi connectivity index (χ0) is 15.4. The Morgan fingerprint density at radius 3 is 2.82 bits per heavy atom. The molecule has 0 aliphatic carbocycles. The second-order valence-corrected chi connectivity index (χ2v) is 5.61. The lowest BCUT2D eigenvalue weighted by Gasteiger charge is -2.04. The summed E-state index contributed by atoms with van der Waals surface area (Å²) >= 11 is 1.55. The molecule has 22 heavy (non-hydrogen) atoms. The van der Waals surface area contributed by atoms with E-state index >= 15 is 0 Å². The molecule has 3 aromatic rings. The van der Waals surface area contributed by atoms with Crippen molar-refractivity contribution in [2.24, 2.45) is 0 Å². The van der Waals surface area contributed by atoms with Gasteiger partial charge in [-0.05, 0) is 23.6 Å². The van der Waals surface area contributed by atoms with Gasteiger partial charge in [0.05, 0.1) is 6.54 Å². The lowest BCUT2D eigenvalue weighted by atomic mass is 10.2. The van der Waals surface area contributed by atoms with Crippen LogP contribution in [0, 0.1) is 0 Å². The van der Waals surface area contributed by atoms with Gasteiger partial charge in [-0.2, -0.15) is 0 Å². The van der Waals surface area contributed by atoms with Crippen LogP contribution in [0.3, 0.4) is 0 Å². The Morgan fingerprint density at radius 1 is 1.18 bits per heavy atom. The largest absolute Gasteiger partial charge is 0.450 e. The van der Waals surface area contributed by atoms with Crippen molar-refractivity contribution in [3.05, 3.63) is 58.5 Å². The number of nitrogens with one attached hydrogen (secondary N) is 1. The minimum absolute atomic E-state index is 0.0901. The Kier molecular flexibility index (Phi) is 4.20. The first-order valence-electron chi connectivity index (χ1n) is 6.67. The van der Waals surface area contributed by atoms with Crippen LogP contribution in [0.2, 0.25) is 0 Å². The van der Waals surface area contributed by atoms with Crippen LogP contribution in [0.1, 0.15) is 15.4 Å². The van der Waals surface area contributed by atoms with E-state index < -0.39 is 5.97 Å². The molecule has 5 nitrogen and oxygen atoms in total. The fourth-order valence-corrected chi connectivity index (χ4v) is 2.58. The van der Waals surface area contributed by atoms with Gasteiger partial charge in [-0.3, -0.25) is 4.79 Å². The Hall–Kier alpha value is -2.60. The molecule has 0 spiro atoms. The number of esters is 1. The van der Waals surface area contributed by atoms with Crippen molar-refractivity contribution in [2.45, 2.75) is 6.54 Å². The van der Waals surface area contributed by atoms with Gasteiger partial charge >= 0.3 is 5.97 Å². The van der Waals surface area contributed by atoms with E-state index in [9.17, 15) is 9.59 Å². The normalized spacial score (nSPS) is 10.5. The molecule has 0 atom stereocenters. The van der Waals surface area contributed by atoms with E-state index in [1.807, 2.05) is 35.7 Å². The van der Waals surface area contributed by atoms with Crippen molar-refractivity contribution in [3.63, 3.8) is 0 Å². The average molecular weight is 315 g/mol. The molecule has 0 bridgehead atoms. The van der Waals surface area contributed by atoms with E-state index in [1.165, 1.54) is 0 Å². The molecular weight excluding hydrogens is 302 g/mol. The van der Waals surface area contributed by atoms with Crippen molar-refractivity contribution in [2.75, 3.05) is 6.61 Å². The van der Waals surface area contributed by atoms with Crippen LogP contribution < -0.4 is 5.32 Å². The molecule has 2 aromatic heterocycles. The minimum Gasteiger partial charge on any atom is -0.450 e. The third-order valence-electron chi connectivity index (χ3n) is 3.00. The van der Waals surface area contributed by atoms with Gasteiger partial charge in [-0.15, -0.1) is 11.3 Å². The highest BCUT2D eigenvalue weighted by molar-refractivity contribution is 7.09. The fraction of sp³-hybridized carbons (Fsp3) is 0.125. The molecule has 112 valence electrons. The lowest BCUT2D eigenvalue weighted by Crippen LogP contribution is -2.28. The van der Waals surface area contributed by atoms with Gasteiger partial charge in [-0.1, -0.05) is 24.3 Å². The van der Waals surface area contributed by atoms with Gasteiger partial charge in [0.1, 0.15) is 5.58 Å². The van der Waals surface area contributed by atoms with Gasteiger partial charge < -0.3 is 14.5 Å². The van der Waals surface area contributed by atoms with Crippen LogP contribution in [-0.4, -0.2) is 18.5 Å². The van der Waals surface area contributed by atoms with Crippen LogP contribution in [0.15, 0.2) is 52.3 Å². The summed E-state index contributed by atoms with van der Waals surface area (Å²) in [4.78, 5) is 24.5. The van der Waals surface area contributed by atoms with E-state index in [4.69, 9.17) is 9.15 Å². The maximum atomic E-state index is 11.9. The summed E-state index contributed by atoms with van der Waals surface area (Å²) in [6, 6.07) is 12.7. The number of fused-ring (bicyclic) bond motifs is 1.